The van der Waals surface area contributed by atoms with E-state index in [1.54, 1.807) is 39.8 Å². The Kier molecular flexibility index (Phi) is 7.32. The Hall–Kier alpha value is -4.04. The molecule has 5 rings (SSSR count). The van der Waals surface area contributed by atoms with E-state index in [1.165, 1.54) is 6.07 Å². The van der Waals surface area contributed by atoms with Crippen LogP contribution in [0.2, 0.25) is 0 Å². The van der Waals surface area contributed by atoms with E-state index in [9.17, 15) is 39.6 Å². The predicted molar refractivity (Wildman–Crippen MR) is 163 cm³/mol. The smallest absolute Gasteiger partial charge is 0.209 e. The first kappa shape index (κ1) is 31.4. The van der Waals surface area contributed by atoms with Gasteiger partial charge in [0.25, 0.3) is 0 Å². The second-order valence-electron chi connectivity index (χ2n) is 13.6. The van der Waals surface area contributed by atoms with E-state index < -0.39 is 74.5 Å². The van der Waals surface area contributed by atoms with Crippen LogP contribution < -0.4 is 0 Å². The zero-order chi connectivity index (χ0) is 32.7. The van der Waals surface area contributed by atoms with Crippen LogP contribution in [0, 0.1) is 35.5 Å². The SMILES string of the molecule is CC(=O)C1=C(O)C(C(C)C)[C@@]2(C)[C@H](CC(=O)Cc3ccc(C)cc3)[C@]3(C)C(=C(O)[C@@]2(O)C1=O)C(=O)c1c(O)cccc1[C@H]3C. The summed E-state index contributed by atoms with van der Waals surface area (Å²) in [7, 11) is 0. The summed E-state index contributed by atoms with van der Waals surface area (Å²) in [4.78, 5) is 55.3. The number of aliphatic hydroxyl groups is 3. The lowest BCUT2D eigenvalue weighted by molar-refractivity contribution is -0.193. The van der Waals surface area contributed by atoms with Crippen molar-refractivity contribution >= 4 is 23.1 Å². The fraction of sp³-hybridized carbons (Fsp3) is 0.444. The average Bonchev–Trinajstić information content (AvgIpc) is 2.93. The Morgan fingerprint density at radius 3 is 2.16 bits per heavy atom. The summed E-state index contributed by atoms with van der Waals surface area (Å²) in [6.45, 7) is 11.7. The normalized spacial score (nSPS) is 31.5. The van der Waals surface area contributed by atoms with Crippen LogP contribution >= 0.6 is 0 Å². The molecule has 2 aromatic rings. The zero-order valence-electron chi connectivity index (χ0n) is 26.2. The molecule has 8 heteroatoms. The number of aryl methyl sites for hydroxylation is 1. The van der Waals surface area contributed by atoms with Crippen molar-refractivity contribution in [3.63, 3.8) is 0 Å². The van der Waals surface area contributed by atoms with Crippen molar-refractivity contribution in [3.05, 3.63) is 87.4 Å². The molecular weight excluding hydrogens is 560 g/mol. The Morgan fingerprint density at radius 1 is 0.977 bits per heavy atom. The molecule has 0 radical (unpaired) electrons. The fourth-order valence-corrected chi connectivity index (χ4v) is 8.76. The summed E-state index contributed by atoms with van der Waals surface area (Å²) in [5, 5.41) is 47.1. The van der Waals surface area contributed by atoms with Gasteiger partial charge in [0.1, 0.15) is 28.6 Å². The van der Waals surface area contributed by atoms with Gasteiger partial charge in [-0.05, 0) is 48.8 Å². The van der Waals surface area contributed by atoms with E-state index in [2.05, 4.69) is 0 Å². The minimum Gasteiger partial charge on any atom is -0.511 e. The lowest BCUT2D eigenvalue weighted by Crippen LogP contribution is -2.71. The van der Waals surface area contributed by atoms with E-state index in [-0.39, 0.29) is 35.5 Å². The molecule has 4 N–H and O–H groups in total. The third-order valence-electron chi connectivity index (χ3n) is 11.0. The maximum absolute atomic E-state index is 14.3. The molecule has 44 heavy (non-hydrogen) atoms. The Morgan fingerprint density at radius 2 is 1.59 bits per heavy atom. The monoisotopic (exact) mass is 600 g/mol. The number of hydrogen-bond acceptors (Lipinski definition) is 8. The van der Waals surface area contributed by atoms with Gasteiger partial charge in [0, 0.05) is 35.2 Å². The summed E-state index contributed by atoms with van der Waals surface area (Å²) in [5.74, 6) is -7.78. The van der Waals surface area contributed by atoms with Gasteiger partial charge in [-0.3, -0.25) is 19.2 Å². The predicted octanol–water partition coefficient (Wildman–Crippen LogP) is 5.64. The number of aromatic hydroxyl groups is 1. The molecule has 0 fully saturated rings. The van der Waals surface area contributed by atoms with Crippen molar-refractivity contribution in [2.75, 3.05) is 0 Å². The van der Waals surface area contributed by atoms with Crippen LogP contribution in [0.4, 0.5) is 0 Å². The number of hydrogen-bond donors (Lipinski definition) is 4. The second-order valence-corrected chi connectivity index (χ2v) is 13.6. The number of rotatable bonds is 6. The molecule has 0 aromatic heterocycles. The van der Waals surface area contributed by atoms with Gasteiger partial charge in [-0.15, -0.1) is 0 Å². The molecule has 8 nitrogen and oxygen atoms in total. The number of Topliss-reactive ketones (excluding diaryl/α,β-unsaturated/α-hetero) is 4. The number of aliphatic hydroxyl groups excluding tert-OH is 2. The van der Waals surface area contributed by atoms with Crippen LogP contribution in [0.1, 0.15) is 80.9 Å². The average molecular weight is 601 g/mol. The van der Waals surface area contributed by atoms with Gasteiger partial charge in [-0.1, -0.05) is 76.6 Å². The number of phenols is 1. The standard InChI is InChI=1S/C36H40O8/c1-17(2)28-30(40)26(20(5)37)32(42)36(44)33(43)29-31(41)27-23(9-8-10-24(27)39)19(4)34(29,6)25(35(28,36)7)16-22(38)15-21-13-11-18(3)12-14-21/h8-14,17,19,25,28,39-40,43-44H,15-16H2,1-7H3/t19-,25-,28?,34-,35-,36+/m1/s1. The highest BCUT2D eigenvalue weighted by Gasteiger charge is 2.75. The molecule has 1 unspecified atom stereocenters. The fourth-order valence-electron chi connectivity index (χ4n) is 8.76. The van der Waals surface area contributed by atoms with Crippen LogP contribution in [-0.4, -0.2) is 49.2 Å². The quantitative estimate of drug-likeness (QED) is 0.311. The Balaban J connectivity index is 1.85. The van der Waals surface area contributed by atoms with Crippen LogP contribution in [0.3, 0.4) is 0 Å². The molecule has 0 amide bonds. The molecule has 3 aliphatic rings. The molecule has 0 heterocycles. The number of ketones is 4. The number of carbonyl (C=O) groups is 4. The number of benzene rings is 2. The number of allylic oxidation sites excluding steroid dienone is 2. The highest BCUT2D eigenvalue weighted by Crippen LogP contribution is 2.71. The highest BCUT2D eigenvalue weighted by atomic mass is 16.4. The third kappa shape index (κ3) is 3.92. The van der Waals surface area contributed by atoms with E-state index in [0.717, 1.165) is 18.1 Å². The molecule has 0 saturated heterocycles. The molecule has 0 bridgehead atoms. The van der Waals surface area contributed by atoms with E-state index in [4.69, 9.17) is 0 Å². The van der Waals surface area contributed by atoms with Crippen LogP contribution in [0.25, 0.3) is 0 Å². The van der Waals surface area contributed by atoms with Gasteiger partial charge in [-0.25, -0.2) is 0 Å². The highest BCUT2D eigenvalue weighted by molar-refractivity contribution is 6.25. The van der Waals surface area contributed by atoms with E-state index >= 15 is 0 Å². The van der Waals surface area contributed by atoms with Gasteiger partial charge < -0.3 is 20.4 Å². The summed E-state index contributed by atoms with van der Waals surface area (Å²) in [6.07, 6.45) is -0.155. The largest absolute Gasteiger partial charge is 0.511 e. The molecule has 3 aliphatic carbocycles. The maximum Gasteiger partial charge on any atom is 0.209 e. The minimum atomic E-state index is -2.82. The zero-order valence-corrected chi connectivity index (χ0v) is 26.2. The maximum atomic E-state index is 14.3. The van der Waals surface area contributed by atoms with Crippen molar-refractivity contribution in [1.29, 1.82) is 0 Å². The van der Waals surface area contributed by atoms with Crippen molar-refractivity contribution in [3.8, 4) is 5.75 Å². The molecule has 0 spiro atoms. The molecular formula is C36H40O8. The Bertz CT molecular complexity index is 1680. The summed E-state index contributed by atoms with van der Waals surface area (Å²) in [6, 6.07) is 12.2. The lowest BCUT2D eigenvalue weighted by Gasteiger charge is -2.65. The van der Waals surface area contributed by atoms with Crippen molar-refractivity contribution in [1.82, 2.24) is 0 Å². The molecule has 2 aromatic carbocycles. The van der Waals surface area contributed by atoms with Crippen LogP contribution in [0.15, 0.2) is 65.1 Å². The van der Waals surface area contributed by atoms with Gasteiger partial charge >= 0.3 is 0 Å². The molecule has 0 aliphatic heterocycles. The first-order valence-corrected chi connectivity index (χ1v) is 15.0. The summed E-state index contributed by atoms with van der Waals surface area (Å²) >= 11 is 0. The second kappa shape index (κ2) is 10.3. The Labute approximate surface area is 257 Å². The van der Waals surface area contributed by atoms with E-state index in [0.29, 0.717) is 5.56 Å². The van der Waals surface area contributed by atoms with Crippen molar-refractivity contribution < 1.29 is 39.6 Å². The number of carbonyl (C=O) groups excluding carboxylic acids is 4. The first-order valence-electron chi connectivity index (χ1n) is 15.0. The number of fused-ring (bicyclic) bond motifs is 3. The van der Waals surface area contributed by atoms with Gasteiger partial charge in [0.05, 0.1) is 5.56 Å². The summed E-state index contributed by atoms with van der Waals surface area (Å²) < 4.78 is 0. The van der Waals surface area contributed by atoms with Gasteiger partial charge in [0.2, 0.25) is 5.78 Å². The topological polar surface area (TPSA) is 149 Å². The van der Waals surface area contributed by atoms with E-state index in [1.807, 2.05) is 38.1 Å². The van der Waals surface area contributed by atoms with Gasteiger partial charge in [-0.2, -0.15) is 0 Å². The van der Waals surface area contributed by atoms with Crippen molar-refractivity contribution in [2.24, 2.45) is 28.6 Å². The molecule has 232 valence electrons. The molecule has 0 saturated carbocycles. The molecule has 6 atom stereocenters. The minimum absolute atomic E-state index is 0.0485. The van der Waals surface area contributed by atoms with Crippen LogP contribution in [0.5, 0.6) is 5.75 Å². The first-order chi connectivity index (χ1) is 20.4. The lowest BCUT2D eigenvalue weighted by atomic mass is 9.38. The van der Waals surface area contributed by atoms with Crippen LogP contribution in [-0.2, 0) is 20.8 Å². The van der Waals surface area contributed by atoms with Crippen molar-refractivity contribution in [2.45, 2.75) is 72.8 Å². The summed E-state index contributed by atoms with van der Waals surface area (Å²) in [5.41, 5.74) is -4.55. The van der Waals surface area contributed by atoms with Gasteiger partial charge in [0.15, 0.2) is 17.2 Å². The third-order valence-corrected chi connectivity index (χ3v) is 11.0. The number of phenolic OH excluding ortho intramolecular Hbond substituents is 1.